The second kappa shape index (κ2) is 7.32. The highest BCUT2D eigenvalue weighted by molar-refractivity contribution is 5.97. The lowest BCUT2D eigenvalue weighted by Crippen LogP contribution is -2.51. The number of benzene rings is 2. The molecule has 4 rings (SSSR count). The van der Waals surface area contributed by atoms with Crippen LogP contribution in [0.1, 0.15) is 32.1 Å². The van der Waals surface area contributed by atoms with E-state index >= 15 is 0 Å². The lowest BCUT2D eigenvalue weighted by Gasteiger charge is -2.45. The Morgan fingerprint density at radius 3 is 2.44 bits per heavy atom. The zero-order chi connectivity index (χ0) is 17.1. The van der Waals surface area contributed by atoms with E-state index in [-0.39, 0.29) is 4.65 Å². The van der Waals surface area contributed by atoms with E-state index in [1.54, 1.807) is 0 Å². The lowest BCUT2D eigenvalue weighted by molar-refractivity contribution is 0.0619. The van der Waals surface area contributed by atoms with Gasteiger partial charge in [-0.05, 0) is 30.9 Å². The van der Waals surface area contributed by atoms with Crippen molar-refractivity contribution in [3.63, 3.8) is 0 Å². The maximum atomic E-state index is 13.3. The first-order valence-corrected chi connectivity index (χ1v) is 9.57. The van der Waals surface area contributed by atoms with Crippen LogP contribution >= 0.6 is 0 Å². The molecular formula is C21H27NO3. The number of hydrogen-bond acceptors (Lipinski definition) is 3. The van der Waals surface area contributed by atoms with Crippen LogP contribution in [0.4, 0.5) is 5.69 Å². The number of quaternary nitrogens is 1. The van der Waals surface area contributed by atoms with Crippen molar-refractivity contribution < 1.29 is 9.47 Å². The Morgan fingerprint density at radius 1 is 0.960 bits per heavy atom. The summed E-state index contributed by atoms with van der Waals surface area (Å²) in [6, 6.07) is 12.1. The van der Waals surface area contributed by atoms with Gasteiger partial charge in [-0.1, -0.05) is 37.5 Å². The van der Waals surface area contributed by atoms with E-state index in [0.717, 1.165) is 28.8 Å². The minimum absolute atomic E-state index is 0.302. The highest BCUT2D eigenvalue weighted by Crippen LogP contribution is 2.37. The molecule has 25 heavy (non-hydrogen) atoms. The Balaban J connectivity index is 1.62. The molecule has 1 saturated heterocycles. The third kappa shape index (κ3) is 3.52. The van der Waals surface area contributed by atoms with E-state index in [1.165, 1.54) is 32.1 Å². The average Bonchev–Trinajstić information content (AvgIpc) is 2.67. The van der Waals surface area contributed by atoms with Crippen molar-refractivity contribution in [3.05, 3.63) is 41.6 Å². The van der Waals surface area contributed by atoms with Gasteiger partial charge < -0.3 is 19.3 Å². The minimum Gasteiger partial charge on any atom is -0.627 e. The quantitative estimate of drug-likeness (QED) is 0.601. The molecule has 0 aromatic heterocycles. The summed E-state index contributed by atoms with van der Waals surface area (Å²) in [5, 5.41) is 15.3. The van der Waals surface area contributed by atoms with Crippen molar-refractivity contribution in [2.45, 2.75) is 32.1 Å². The van der Waals surface area contributed by atoms with Crippen LogP contribution in [0.5, 0.6) is 5.75 Å². The number of hydrogen-bond donors (Lipinski definition) is 0. The number of morpholine rings is 1. The molecule has 1 aliphatic carbocycles. The average molecular weight is 341 g/mol. The monoisotopic (exact) mass is 341 g/mol. The first-order valence-electron chi connectivity index (χ1n) is 9.57. The molecule has 2 aliphatic rings. The van der Waals surface area contributed by atoms with Crippen molar-refractivity contribution in [1.29, 1.82) is 0 Å². The standard InChI is InChI=1S/C21H27NO3/c23-22(12-14-24-15-13-22)20-10-11-21(19-9-5-4-8-18(19)20)25-16-17-6-2-1-3-7-17/h4-5,8-11,17H,1-3,6-7,12-16H2. The molecule has 1 aliphatic heterocycles. The number of ether oxygens (including phenoxy) is 2. The van der Waals surface area contributed by atoms with Crippen molar-refractivity contribution in [2.24, 2.45) is 5.92 Å². The van der Waals surface area contributed by atoms with Gasteiger partial charge in [-0.2, -0.15) is 0 Å². The fourth-order valence-corrected chi connectivity index (χ4v) is 4.18. The fraction of sp³-hybridized carbons (Fsp3) is 0.524. The highest BCUT2D eigenvalue weighted by Gasteiger charge is 2.27. The summed E-state index contributed by atoms with van der Waals surface area (Å²) in [4.78, 5) is 0. The molecular weight excluding hydrogens is 314 g/mol. The molecule has 4 heteroatoms. The normalized spacial score (nSPS) is 21.3. The van der Waals surface area contributed by atoms with Gasteiger partial charge in [0.05, 0.1) is 19.8 Å². The largest absolute Gasteiger partial charge is 0.627 e. The third-order valence-electron chi connectivity index (χ3n) is 5.69. The van der Waals surface area contributed by atoms with Crippen LogP contribution < -0.4 is 9.38 Å². The molecule has 0 radical (unpaired) electrons. The molecule has 2 aromatic rings. The van der Waals surface area contributed by atoms with Crippen molar-refractivity contribution in [1.82, 2.24) is 4.65 Å². The number of rotatable bonds is 4. The maximum absolute atomic E-state index is 13.3. The fourth-order valence-electron chi connectivity index (χ4n) is 4.18. The Morgan fingerprint density at radius 2 is 1.68 bits per heavy atom. The first kappa shape index (κ1) is 16.8. The lowest BCUT2D eigenvalue weighted by atomic mass is 9.90. The summed E-state index contributed by atoms with van der Waals surface area (Å²) in [6.45, 7) is 2.79. The van der Waals surface area contributed by atoms with Gasteiger partial charge >= 0.3 is 0 Å². The summed E-state index contributed by atoms with van der Waals surface area (Å²) >= 11 is 0. The van der Waals surface area contributed by atoms with E-state index in [9.17, 15) is 5.21 Å². The molecule has 0 spiro atoms. The number of nitrogens with zero attached hydrogens (tertiary/aromatic N) is 1. The van der Waals surface area contributed by atoms with Crippen LogP contribution in [0.2, 0.25) is 0 Å². The van der Waals surface area contributed by atoms with Crippen molar-refractivity contribution >= 4 is 16.5 Å². The van der Waals surface area contributed by atoms with Crippen LogP contribution in [0.25, 0.3) is 10.8 Å². The molecule has 0 unspecified atom stereocenters. The third-order valence-corrected chi connectivity index (χ3v) is 5.69. The molecule has 2 aromatic carbocycles. The minimum atomic E-state index is -0.302. The van der Waals surface area contributed by atoms with Gasteiger partial charge in [0, 0.05) is 16.8 Å². The zero-order valence-corrected chi connectivity index (χ0v) is 14.8. The van der Waals surface area contributed by atoms with Gasteiger partial charge in [0.15, 0.2) is 0 Å². The Hall–Kier alpha value is -1.62. The Bertz CT molecular complexity index is 718. The van der Waals surface area contributed by atoms with E-state index in [0.29, 0.717) is 32.2 Å². The van der Waals surface area contributed by atoms with Crippen LogP contribution in [0.3, 0.4) is 0 Å². The first-order chi connectivity index (χ1) is 12.3. The summed E-state index contributed by atoms with van der Waals surface area (Å²) in [5.74, 6) is 1.58. The van der Waals surface area contributed by atoms with Gasteiger partial charge in [-0.15, -0.1) is 0 Å². The number of fused-ring (bicyclic) bond motifs is 1. The molecule has 4 nitrogen and oxygen atoms in total. The van der Waals surface area contributed by atoms with Gasteiger partial charge in [0.25, 0.3) is 0 Å². The molecule has 0 atom stereocenters. The Labute approximate surface area is 149 Å². The maximum Gasteiger partial charge on any atom is 0.141 e. The molecule has 0 N–H and O–H groups in total. The van der Waals surface area contributed by atoms with Crippen LogP contribution in [-0.2, 0) is 4.74 Å². The summed E-state index contributed by atoms with van der Waals surface area (Å²) in [7, 11) is 0. The summed E-state index contributed by atoms with van der Waals surface area (Å²) in [6.07, 6.45) is 6.56. The summed E-state index contributed by atoms with van der Waals surface area (Å²) in [5.41, 5.74) is 0.837. The van der Waals surface area contributed by atoms with E-state index < -0.39 is 0 Å². The number of hydroxylamine groups is 2. The SMILES string of the molecule is [O-][N+]1(c2ccc(OCC3CCCCC3)c3ccccc23)CCOCC1. The summed E-state index contributed by atoms with van der Waals surface area (Å²) < 4.78 is 11.3. The molecule has 1 heterocycles. The second-order valence-corrected chi connectivity index (χ2v) is 7.39. The molecule has 134 valence electrons. The van der Waals surface area contributed by atoms with Crippen LogP contribution in [0.15, 0.2) is 36.4 Å². The predicted molar refractivity (Wildman–Crippen MR) is 102 cm³/mol. The van der Waals surface area contributed by atoms with Gasteiger partial charge in [-0.25, -0.2) is 0 Å². The van der Waals surface area contributed by atoms with E-state index in [2.05, 4.69) is 6.07 Å². The molecule has 2 fully saturated rings. The van der Waals surface area contributed by atoms with Crippen LogP contribution in [0, 0.1) is 11.1 Å². The molecule has 1 saturated carbocycles. The highest BCUT2D eigenvalue weighted by atomic mass is 16.6. The van der Waals surface area contributed by atoms with Gasteiger partial charge in [-0.3, -0.25) is 0 Å². The van der Waals surface area contributed by atoms with Crippen molar-refractivity contribution in [2.75, 3.05) is 32.9 Å². The van der Waals surface area contributed by atoms with Crippen LogP contribution in [-0.4, -0.2) is 32.9 Å². The van der Waals surface area contributed by atoms with Crippen molar-refractivity contribution in [3.8, 4) is 5.75 Å². The smallest absolute Gasteiger partial charge is 0.141 e. The zero-order valence-electron chi connectivity index (χ0n) is 14.8. The predicted octanol–water partition coefficient (Wildman–Crippen LogP) is 4.63. The van der Waals surface area contributed by atoms with E-state index in [1.807, 2.05) is 30.3 Å². The second-order valence-electron chi connectivity index (χ2n) is 7.39. The Kier molecular flexibility index (Phi) is 4.93. The topological polar surface area (TPSA) is 41.5 Å². The van der Waals surface area contributed by atoms with Gasteiger partial charge in [0.2, 0.25) is 0 Å². The molecule has 0 bridgehead atoms. The molecule has 0 amide bonds. The van der Waals surface area contributed by atoms with Gasteiger partial charge in [0.1, 0.15) is 24.5 Å². The van der Waals surface area contributed by atoms with E-state index in [4.69, 9.17) is 9.47 Å².